The first-order chi connectivity index (χ1) is 21.8. The quantitative estimate of drug-likeness (QED) is 0.146. The lowest BCUT2D eigenvalue weighted by Crippen LogP contribution is -2.35. The van der Waals surface area contributed by atoms with Crippen molar-refractivity contribution in [2.75, 3.05) is 24.7 Å². The number of hydrogen-bond donors (Lipinski definition) is 4. The number of anilines is 2. The van der Waals surface area contributed by atoms with Gasteiger partial charge in [-0.25, -0.2) is 4.98 Å². The number of carbonyl (C=O) groups excluding carboxylic acids is 4. The topological polar surface area (TPSA) is 161 Å². The van der Waals surface area contributed by atoms with E-state index in [1.807, 2.05) is 49.4 Å². The van der Waals surface area contributed by atoms with E-state index in [-0.39, 0.29) is 30.3 Å². The van der Waals surface area contributed by atoms with E-state index in [0.29, 0.717) is 41.2 Å². The zero-order valence-corrected chi connectivity index (χ0v) is 26.5. The number of fused-ring (bicyclic) bond motifs is 1. The molecule has 1 saturated carbocycles. The minimum Gasteiger partial charge on any atom is -0.388 e. The lowest BCUT2D eigenvalue weighted by atomic mass is 10.0. The maximum Gasteiger partial charge on any atom is 0.241 e. The molecule has 2 aromatic carbocycles. The number of nitrogens with two attached hydrogens (primary N) is 1. The highest BCUT2D eigenvalue weighted by Crippen LogP contribution is 2.29. The number of rotatable bonds is 10. The van der Waals surface area contributed by atoms with Crippen molar-refractivity contribution in [1.29, 1.82) is 0 Å². The summed E-state index contributed by atoms with van der Waals surface area (Å²) in [5, 5.41) is 14.1. The summed E-state index contributed by atoms with van der Waals surface area (Å²) in [5.74, 6) is 0.319. The predicted octanol–water partition coefficient (Wildman–Crippen LogP) is 4.56. The average molecular weight is 634 g/mol. The summed E-state index contributed by atoms with van der Waals surface area (Å²) in [6.07, 6.45) is 4.90. The van der Waals surface area contributed by atoms with Crippen molar-refractivity contribution in [2.45, 2.75) is 51.6 Å². The molecule has 0 bridgehead atoms. The highest BCUT2D eigenvalue weighted by Gasteiger charge is 2.28. The standard InChI is InChI=1S/C23H25ClN6O3.C9H10O.CH5N/c1-25-15-7-8-19-17(11-15)18(13-31)29-30(19)12-23(33)26-16-6-5-14(9-16)10-22(32)28-21-4-2-3-20(24)27-21;1-8-2-4-9(5-3-8)6-7-10;1-2/h2-4,7-8,11,13-14,16,25H,5-6,9-10,12H2,1H3,(H,26,33)(H,27,28,32);2-5,7H,6H2,1H3;2H2,1H3. The third-order valence-corrected chi connectivity index (χ3v) is 7.49. The van der Waals surface area contributed by atoms with Crippen LogP contribution < -0.4 is 21.7 Å². The van der Waals surface area contributed by atoms with Crippen LogP contribution >= 0.6 is 11.6 Å². The summed E-state index contributed by atoms with van der Waals surface area (Å²) in [5.41, 5.74) is 8.70. The molecule has 1 aliphatic rings. The second-order valence-electron chi connectivity index (χ2n) is 10.5. The lowest BCUT2D eigenvalue weighted by molar-refractivity contribution is -0.122. The number of benzene rings is 2. The highest BCUT2D eigenvalue weighted by molar-refractivity contribution is 6.29. The smallest absolute Gasteiger partial charge is 0.241 e. The molecule has 2 atom stereocenters. The van der Waals surface area contributed by atoms with Crippen molar-refractivity contribution < 1.29 is 19.2 Å². The minimum atomic E-state index is -0.173. The molecule has 45 heavy (non-hydrogen) atoms. The van der Waals surface area contributed by atoms with Crippen LogP contribution in [0.4, 0.5) is 11.5 Å². The van der Waals surface area contributed by atoms with E-state index in [1.165, 1.54) is 12.6 Å². The SMILES string of the molecule is CN.CNc1ccc2c(c1)c(C=O)nn2CC(=O)NC1CCC(CC(=O)Nc2cccc(Cl)n2)C1.Cc1ccc(CC=O)cc1. The fourth-order valence-corrected chi connectivity index (χ4v) is 5.29. The van der Waals surface area contributed by atoms with E-state index < -0.39 is 0 Å². The van der Waals surface area contributed by atoms with Gasteiger partial charge in [0.05, 0.1) is 5.52 Å². The van der Waals surface area contributed by atoms with Crippen molar-refractivity contribution in [1.82, 2.24) is 20.1 Å². The Morgan fingerprint density at radius 3 is 2.47 bits per heavy atom. The monoisotopic (exact) mass is 633 g/mol. The maximum atomic E-state index is 12.7. The number of aryl methyl sites for hydroxylation is 1. The second kappa shape index (κ2) is 17.6. The molecule has 0 aliphatic heterocycles. The molecule has 0 radical (unpaired) electrons. The molecule has 1 aliphatic carbocycles. The number of aromatic nitrogens is 3. The third kappa shape index (κ3) is 10.5. The van der Waals surface area contributed by atoms with Crippen LogP contribution in [0.15, 0.2) is 60.7 Å². The number of hydrogen-bond acceptors (Lipinski definition) is 8. The first kappa shape index (κ1) is 34.9. The van der Waals surface area contributed by atoms with Crippen molar-refractivity contribution in [3.05, 3.63) is 82.6 Å². The Kier molecular flexibility index (Phi) is 13.7. The molecule has 2 amide bonds. The van der Waals surface area contributed by atoms with Crippen molar-refractivity contribution >= 4 is 58.4 Å². The first-order valence-corrected chi connectivity index (χ1v) is 15.1. The first-order valence-electron chi connectivity index (χ1n) is 14.7. The Morgan fingerprint density at radius 1 is 1.04 bits per heavy atom. The largest absolute Gasteiger partial charge is 0.388 e. The van der Waals surface area contributed by atoms with Crippen LogP contribution in [-0.4, -0.2) is 59.3 Å². The van der Waals surface area contributed by atoms with Gasteiger partial charge in [0.25, 0.3) is 0 Å². The van der Waals surface area contributed by atoms with E-state index in [1.54, 1.807) is 29.9 Å². The van der Waals surface area contributed by atoms with Gasteiger partial charge in [0.1, 0.15) is 29.5 Å². The van der Waals surface area contributed by atoms with Gasteiger partial charge in [-0.05, 0) is 75.0 Å². The van der Waals surface area contributed by atoms with Crippen LogP contribution in [0, 0.1) is 12.8 Å². The molecule has 11 nitrogen and oxygen atoms in total. The highest BCUT2D eigenvalue weighted by atomic mass is 35.5. The van der Waals surface area contributed by atoms with Gasteiger partial charge in [-0.2, -0.15) is 5.10 Å². The number of pyridine rings is 1. The molecular formula is C33H40ClN7O4. The fraction of sp³-hybridized carbons (Fsp3) is 0.333. The third-order valence-electron chi connectivity index (χ3n) is 7.28. The van der Waals surface area contributed by atoms with Gasteiger partial charge in [0, 0.05) is 37.0 Å². The number of nitrogens with zero attached hydrogens (tertiary/aromatic N) is 3. The van der Waals surface area contributed by atoms with E-state index in [0.717, 1.165) is 42.3 Å². The van der Waals surface area contributed by atoms with E-state index in [9.17, 15) is 19.2 Å². The molecule has 4 aromatic rings. The normalized spacial score (nSPS) is 15.1. The van der Waals surface area contributed by atoms with Crippen molar-refractivity contribution in [3.8, 4) is 0 Å². The summed E-state index contributed by atoms with van der Waals surface area (Å²) >= 11 is 5.85. The fourth-order valence-electron chi connectivity index (χ4n) is 5.12. The summed E-state index contributed by atoms with van der Waals surface area (Å²) in [6.45, 7) is 2.05. The number of nitrogens with one attached hydrogen (secondary N) is 3. The maximum absolute atomic E-state index is 12.7. The van der Waals surface area contributed by atoms with Crippen LogP contribution in [0.25, 0.3) is 10.9 Å². The van der Waals surface area contributed by atoms with E-state index in [4.69, 9.17) is 11.6 Å². The van der Waals surface area contributed by atoms with Gasteiger partial charge in [-0.15, -0.1) is 0 Å². The Bertz CT molecular complexity index is 1590. The summed E-state index contributed by atoms with van der Waals surface area (Å²) in [4.78, 5) is 50.5. The number of aldehydes is 2. The average Bonchev–Trinajstić information content (AvgIpc) is 3.62. The van der Waals surface area contributed by atoms with Crippen LogP contribution in [0.1, 0.15) is 47.3 Å². The lowest BCUT2D eigenvalue weighted by Gasteiger charge is -2.14. The summed E-state index contributed by atoms with van der Waals surface area (Å²) in [7, 11) is 3.30. The molecule has 2 heterocycles. The zero-order valence-electron chi connectivity index (χ0n) is 25.8. The zero-order chi connectivity index (χ0) is 32.8. The van der Waals surface area contributed by atoms with E-state index >= 15 is 0 Å². The Labute approximate surface area is 267 Å². The molecule has 0 spiro atoms. The molecule has 5 N–H and O–H groups in total. The second-order valence-corrected chi connectivity index (χ2v) is 10.9. The van der Waals surface area contributed by atoms with E-state index in [2.05, 4.69) is 31.8 Å². The minimum absolute atomic E-state index is 0.00264. The molecule has 238 valence electrons. The van der Waals surface area contributed by atoms with Gasteiger partial charge in [-0.3, -0.25) is 19.1 Å². The van der Waals surface area contributed by atoms with Crippen LogP contribution in [0.5, 0.6) is 0 Å². The number of halogens is 1. The molecule has 1 fully saturated rings. The molecule has 2 unspecified atom stereocenters. The Morgan fingerprint density at radius 2 is 1.80 bits per heavy atom. The van der Waals surface area contributed by atoms with Gasteiger partial charge in [-0.1, -0.05) is 47.5 Å². The summed E-state index contributed by atoms with van der Waals surface area (Å²) < 4.78 is 1.55. The van der Waals surface area contributed by atoms with Gasteiger partial charge in [0.15, 0.2) is 6.29 Å². The number of amides is 2. The number of carbonyl (C=O) groups is 4. The van der Waals surface area contributed by atoms with Crippen molar-refractivity contribution in [2.24, 2.45) is 11.7 Å². The van der Waals surface area contributed by atoms with Gasteiger partial charge >= 0.3 is 0 Å². The molecule has 2 aromatic heterocycles. The van der Waals surface area contributed by atoms with Crippen molar-refractivity contribution in [3.63, 3.8) is 0 Å². The predicted molar refractivity (Wildman–Crippen MR) is 177 cm³/mol. The van der Waals surface area contributed by atoms with Crippen LogP contribution in [0.3, 0.4) is 0 Å². The molecular weight excluding hydrogens is 594 g/mol. The van der Waals surface area contributed by atoms with Gasteiger partial charge in [0.2, 0.25) is 11.8 Å². The molecule has 5 rings (SSSR count). The Hall–Kier alpha value is -4.61. The van der Waals surface area contributed by atoms with Gasteiger partial charge < -0.3 is 26.5 Å². The molecule has 12 heteroatoms. The summed E-state index contributed by atoms with van der Waals surface area (Å²) in [6, 6.07) is 18.6. The van der Waals surface area contributed by atoms with Crippen LogP contribution in [-0.2, 0) is 27.3 Å². The van der Waals surface area contributed by atoms with Crippen LogP contribution in [0.2, 0.25) is 5.15 Å². The molecule has 0 saturated heterocycles. The Balaban J connectivity index is 0.000000389.